The van der Waals surface area contributed by atoms with Crippen molar-refractivity contribution in [2.75, 3.05) is 13.2 Å². The largest absolute Gasteiger partial charge is 0.480 e. The van der Waals surface area contributed by atoms with E-state index in [4.69, 9.17) is 4.74 Å². The standard InChI is InChI=1S/C16H28N2O3/c1-11-10-21-12(2)9-18(11)14-4-3-7-16(8-14,15(19)20)17-13-5-6-13/h11-14,17H,3-10H2,1-2H3,(H,19,20). The molecule has 2 aliphatic carbocycles. The minimum Gasteiger partial charge on any atom is -0.480 e. The van der Waals surface area contributed by atoms with Crippen LogP contribution in [0.4, 0.5) is 0 Å². The van der Waals surface area contributed by atoms with Crippen LogP contribution in [-0.4, -0.2) is 58.9 Å². The van der Waals surface area contributed by atoms with E-state index in [9.17, 15) is 9.90 Å². The van der Waals surface area contributed by atoms with E-state index >= 15 is 0 Å². The zero-order chi connectivity index (χ0) is 15.0. The van der Waals surface area contributed by atoms with Crippen molar-refractivity contribution in [3.05, 3.63) is 0 Å². The third-order valence-electron chi connectivity index (χ3n) is 5.32. The summed E-state index contributed by atoms with van der Waals surface area (Å²) in [6.07, 6.45) is 6.11. The lowest BCUT2D eigenvalue weighted by Gasteiger charge is -2.47. The van der Waals surface area contributed by atoms with Gasteiger partial charge in [0.05, 0.1) is 12.7 Å². The molecule has 0 amide bonds. The minimum atomic E-state index is -0.703. The zero-order valence-electron chi connectivity index (χ0n) is 13.2. The van der Waals surface area contributed by atoms with Crippen LogP contribution in [0, 0.1) is 0 Å². The van der Waals surface area contributed by atoms with Crippen molar-refractivity contribution in [2.24, 2.45) is 0 Å². The average molecular weight is 296 g/mol. The van der Waals surface area contributed by atoms with Gasteiger partial charge in [-0.3, -0.25) is 15.0 Å². The normalized spacial score (nSPS) is 41.9. The molecule has 2 saturated carbocycles. The Labute approximate surface area is 127 Å². The van der Waals surface area contributed by atoms with Gasteiger partial charge in [-0.2, -0.15) is 0 Å². The van der Waals surface area contributed by atoms with Gasteiger partial charge < -0.3 is 9.84 Å². The number of ether oxygens (including phenoxy) is 1. The lowest BCUT2D eigenvalue weighted by molar-refractivity contribution is -0.149. The minimum absolute atomic E-state index is 0.249. The molecule has 1 saturated heterocycles. The molecule has 3 aliphatic rings. The molecule has 4 unspecified atom stereocenters. The number of nitrogens with one attached hydrogen (secondary N) is 1. The van der Waals surface area contributed by atoms with Crippen molar-refractivity contribution >= 4 is 5.97 Å². The Bertz CT molecular complexity index is 399. The van der Waals surface area contributed by atoms with Crippen LogP contribution in [0.15, 0.2) is 0 Å². The van der Waals surface area contributed by atoms with Crippen molar-refractivity contribution in [1.29, 1.82) is 0 Å². The molecule has 21 heavy (non-hydrogen) atoms. The van der Waals surface area contributed by atoms with Crippen LogP contribution in [0.5, 0.6) is 0 Å². The van der Waals surface area contributed by atoms with E-state index in [0.29, 0.717) is 18.1 Å². The summed E-state index contributed by atoms with van der Waals surface area (Å²) in [5.41, 5.74) is -0.703. The first-order chi connectivity index (χ1) is 10.00. The molecule has 0 radical (unpaired) electrons. The van der Waals surface area contributed by atoms with Crippen LogP contribution in [-0.2, 0) is 9.53 Å². The number of aliphatic carboxylic acids is 1. The summed E-state index contributed by atoms with van der Waals surface area (Å²) in [7, 11) is 0. The molecule has 3 rings (SSSR count). The number of rotatable bonds is 4. The maximum atomic E-state index is 11.9. The second kappa shape index (κ2) is 5.86. The third-order valence-corrected chi connectivity index (χ3v) is 5.32. The monoisotopic (exact) mass is 296 g/mol. The fraction of sp³-hybridized carbons (Fsp3) is 0.938. The van der Waals surface area contributed by atoms with Gasteiger partial charge in [-0.1, -0.05) is 0 Å². The van der Waals surface area contributed by atoms with Gasteiger partial charge in [0.15, 0.2) is 0 Å². The number of hydrogen-bond acceptors (Lipinski definition) is 4. The second-order valence-corrected chi connectivity index (χ2v) is 7.25. The van der Waals surface area contributed by atoms with Crippen LogP contribution in [0.2, 0.25) is 0 Å². The van der Waals surface area contributed by atoms with Gasteiger partial charge in [-0.15, -0.1) is 0 Å². The summed E-state index contributed by atoms with van der Waals surface area (Å²) in [6.45, 7) is 5.98. The van der Waals surface area contributed by atoms with E-state index in [1.165, 1.54) is 0 Å². The zero-order valence-corrected chi connectivity index (χ0v) is 13.2. The summed E-state index contributed by atoms with van der Waals surface area (Å²) in [5.74, 6) is -0.659. The molecule has 0 bridgehead atoms. The maximum Gasteiger partial charge on any atom is 0.323 e. The van der Waals surface area contributed by atoms with E-state index in [-0.39, 0.29) is 6.10 Å². The second-order valence-electron chi connectivity index (χ2n) is 7.25. The highest BCUT2D eigenvalue weighted by Crippen LogP contribution is 2.36. The van der Waals surface area contributed by atoms with E-state index < -0.39 is 11.5 Å². The van der Waals surface area contributed by atoms with Gasteiger partial charge in [0.1, 0.15) is 5.54 Å². The highest BCUT2D eigenvalue weighted by Gasteiger charge is 2.47. The lowest BCUT2D eigenvalue weighted by atomic mass is 9.77. The van der Waals surface area contributed by atoms with Crippen LogP contribution < -0.4 is 5.32 Å². The Hall–Kier alpha value is -0.650. The number of nitrogens with zero attached hydrogens (tertiary/aromatic N) is 1. The third kappa shape index (κ3) is 3.25. The summed E-state index contributed by atoms with van der Waals surface area (Å²) >= 11 is 0. The fourth-order valence-corrected chi connectivity index (χ4v) is 3.97. The highest BCUT2D eigenvalue weighted by molar-refractivity contribution is 5.79. The molecule has 0 aromatic carbocycles. The van der Waals surface area contributed by atoms with Crippen LogP contribution >= 0.6 is 0 Å². The smallest absolute Gasteiger partial charge is 0.323 e. The van der Waals surface area contributed by atoms with Crippen molar-refractivity contribution in [3.8, 4) is 0 Å². The predicted octanol–water partition coefficient (Wildman–Crippen LogP) is 1.61. The molecule has 0 aromatic rings. The van der Waals surface area contributed by atoms with Gasteiger partial charge in [0, 0.05) is 24.7 Å². The molecule has 2 N–H and O–H groups in total. The van der Waals surface area contributed by atoms with E-state index in [0.717, 1.165) is 51.7 Å². The van der Waals surface area contributed by atoms with Gasteiger partial charge in [-0.05, 0) is 52.4 Å². The topological polar surface area (TPSA) is 61.8 Å². The van der Waals surface area contributed by atoms with Gasteiger partial charge in [0.2, 0.25) is 0 Å². The first-order valence-electron chi connectivity index (χ1n) is 8.38. The molecule has 0 spiro atoms. The van der Waals surface area contributed by atoms with Gasteiger partial charge >= 0.3 is 5.97 Å². The van der Waals surface area contributed by atoms with Crippen molar-refractivity contribution in [3.63, 3.8) is 0 Å². The number of hydrogen-bond donors (Lipinski definition) is 2. The molecule has 1 aliphatic heterocycles. The maximum absolute atomic E-state index is 11.9. The number of carboxylic acids is 1. The van der Waals surface area contributed by atoms with Gasteiger partial charge in [0.25, 0.3) is 0 Å². The van der Waals surface area contributed by atoms with Crippen molar-refractivity contribution in [1.82, 2.24) is 10.2 Å². The van der Waals surface area contributed by atoms with Crippen molar-refractivity contribution < 1.29 is 14.6 Å². The Kier molecular flexibility index (Phi) is 4.26. The average Bonchev–Trinajstić information content (AvgIpc) is 3.25. The number of carboxylic acid groups (broad SMARTS) is 1. The molecular weight excluding hydrogens is 268 g/mol. The molecule has 5 heteroatoms. The summed E-state index contributed by atoms with van der Waals surface area (Å²) in [6, 6.07) is 1.18. The first kappa shape index (κ1) is 15.3. The molecule has 5 nitrogen and oxygen atoms in total. The van der Waals surface area contributed by atoms with E-state index in [2.05, 4.69) is 24.1 Å². The van der Waals surface area contributed by atoms with E-state index in [1.807, 2.05) is 0 Å². The Balaban J connectivity index is 1.72. The van der Waals surface area contributed by atoms with Crippen LogP contribution in [0.3, 0.4) is 0 Å². The molecule has 3 fully saturated rings. The Morgan fingerprint density at radius 2 is 2.10 bits per heavy atom. The summed E-state index contributed by atoms with van der Waals surface area (Å²) in [5, 5.41) is 13.2. The Morgan fingerprint density at radius 1 is 1.33 bits per heavy atom. The fourth-order valence-electron chi connectivity index (χ4n) is 3.97. The first-order valence-corrected chi connectivity index (χ1v) is 8.38. The quantitative estimate of drug-likeness (QED) is 0.825. The molecular formula is C16H28N2O3. The predicted molar refractivity (Wildman–Crippen MR) is 80.4 cm³/mol. The van der Waals surface area contributed by atoms with Crippen LogP contribution in [0.25, 0.3) is 0 Å². The summed E-state index contributed by atoms with van der Waals surface area (Å²) in [4.78, 5) is 14.4. The molecule has 0 aromatic heterocycles. The summed E-state index contributed by atoms with van der Waals surface area (Å²) < 4.78 is 5.71. The number of morpholine rings is 1. The van der Waals surface area contributed by atoms with E-state index in [1.54, 1.807) is 0 Å². The lowest BCUT2D eigenvalue weighted by Crippen LogP contribution is -2.61. The number of carbonyl (C=O) groups is 1. The molecule has 120 valence electrons. The molecule has 4 atom stereocenters. The van der Waals surface area contributed by atoms with Crippen LogP contribution in [0.1, 0.15) is 52.4 Å². The Morgan fingerprint density at radius 3 is 2.76 bits per heavy atom. The van der Waals surface area contributed by atoms with Crippen molar-refractivity contribution in [2.45, 2.75) is 82.1 Å². The molecule has 1 heterocycles. The highest BCUT2D eigenvalue weighted by atomic mass is 16.5. The SMILES string of the molecule is CC1CN(C2CCCC(NC3CC3)(C(=O)O)C2)C(C)CO1. The van der Waals surface area contributed by atoms with Gasteiger partial charge in [-0.25, -0.2) is 0 Å².